The van der Waals surface area contributed by atoms with Gasteiger partial charge in [0, 0.05) is 4.88 Å². The molecule has 3 heterocycles. The fraction of sp³-hybridized carbons (Fsp3) is 0.316. The SMILES string of the molecule is CC1CCc2c(sc3nc(CSc4nnnn4-c4ccccc4)[nH]c(=O)c23)C1. The van der Waals surface area contributed by atoms with Gasteiger partial charge in [-0.2, -0.15) is 4.68 Å². The Balaban J connectivity index is 1.43. The van der Waals surface area contributed by atoms with Crippen LogP contribution in [-0.2, 0) is 18.6 Å². The first-order valence-corrected chi connectivity index (χ1v) is 11.0. The molecule has 1 aliphatic carbocycles. The number of rotatable bonds is 4. The Morgan fingerprint density at radius 1 is 1.32 bits per heavy atom. The molecule has 28 heavy (non-hydrogen) atoms. The van der Waals surface area contributed by atoms with Crippen molar-refractivity contribution in [3.8, 4) is 5.69 Å². The standard InChI is InChI=1S/C19H18N6OS2/c1-11-7-8-13-14(9-11)28-18-16(13)17(26)20-15(21-18)10-27-19-22-23-24-25(19)12-5-3-2-4-6-12/h2-6,11H,7-10H2,1H3,(H,20,21,26). The van der Waals surface area contributed by atoms with Gasteiger partial charge in [0.2, 0.25) is 5.16 Å². The van der Waals surface area contributed by atoms with Gasteiger partial charge in [0.1, 0.15) is 10.7 Å². The number of hydrogen-bond acceptors (Lipinski definition) is 7. The van der Waals surface area contributed by atoms with E-state index >= 15 is 0 Å². The summed E-state index contributed by atoms with van der Waals surface area (Å²) in [6.07, 6.45) is 3.16. The molecule has 1 unspecified atom stereocenters. The minimum Gasteiger partial charge on any atom is -0.309 e. The lowest BCUT2D eigenvalue weighted by Gasteiger charge is -2.17. The number of aromatic amines is 1. The number of H-pyrrole nitrogens is 1. The summed E-state index contributed by atoms with van der Waals surface area (Å²) in [5.41, 5.74) is 2.07. The lowest BCUT2D eigenvalue weighted by atomic mass is 9.89. The molecule has 1 aromatic carbocycles. The van der Waals surface area contributed by atoms with E-state index in [1.165, 1.54) is 22.2 Å². The van der Waals surface area contributed by atoms with Gasteiger partial charge in [0.25, 0.3) is 5.56 Å². The zero-order chi connectivity index (χ0) is 19.1. The van der Waals surface area contributed by atoms with Crippen molar-refractivity contribution in [2.75, 3.05) is 0 Å². The first-order chi connectivity index (χ1) is 13.7. The average molecular weight is 411 g/mol. The lowest BCUT2D eigenvalue weighted by Crippen LogP contribution is -2.14. The van der Waals surface area contributed by atoms with Gasteiger partial charge >= 0.3 is 0 Å². The van der Waals surface area contributed by atoms with E-state index in [-0.39, 0.29) is 5.56 Å². The Morgan fingerprint density at radius 2 is 2.18 bits per heavy atom. The van der Waals surface area contributed by atoms with Crippen molar-refractivity contribution in [2.24, 2.45) is 5.92 Å². The van der Waals surface area contributed by atoms with E-state index in [0.717, 1.165) is 35.2 Å². The summed E-state index contributed by atoms with van der Waals surface area (Å²) < 4.78 is 1.69. The van der Waals surface area contributed by atoms with E-state index in [1.807, 2.05) is 30.3 Å². The molecule has 0 radical (unpaired) electrons. The van der Waals surface area contributed by atoms with Crippen molar-refractivity contribution < 1.29 is 0 Å². The Kier molecular flexibility index (Phi) is 4.48. The number of thiophene rings is 1. The summed E-state index contributed by atoms with van der Waals surface area (Å²) in [6, 6.07) is 9.73. The number of para-hydroxylation sites is 1. The van der Waals surface area contributed by atoms with Crippen LogP contribution in [0.3, 0.4) is 0 Å². The molecule has 7 nitrogen and oxygen atoms in total. The Hall–Kier alpha value is -2.52. The van der Waals surface area contributed by atoms with E-state index < -0.39 is 0 Å². The maximum atomic E-state index is 12.7. The van der Waals surface area contributed by atoms with Crippen molar-refractivity contribution in [1.82, 2.24) is 30.2 Å². The number of aromatic nitrogens is 6. The third-order valence-corrected chi connectivity index (χ3v) is 7.07. The molecule has 1 aliphatic rings. The van der Waals surface area contributed by atoms with Crippen molar-refractivity contribution >= 4 is 33.3 Å². The highest BCUT2D eigenvalue weighted by Crippen LogP contribution is 2.35. The summed E-state index contributed by atoms with van der Waals surface area (Å²) in [5, 5.41) is 13.4. The Morgan fingerprint density at radius 3 is 3.04 bits per heavy atom. The van der Waals surface area contributed by atoms with Crippen LogP contribution in [0, 0.1) is 5.92 Å². The Bertz CT molecular complexity index is 1200. The van der Waals surface area contributed by atoms with E-state index in [2.05, 4.69) is 27.4 Å². The quantitative estimate of drug-likeness (QED) is 0.519. The summed E-state index contributed by atoms with van der Waals surface area (Å²) in [6.45, 7) is 2.27. The molecule has 0 amide bonds. The minimum atomic E-state index is -0.0321. The molecular weight excluding hydrogens is 392 g/mol. The molecule has 1 atom stereocenters. The number of benzene rings is 1. The highest BCUT2D eigenvalue weighted by atomic mass is 32.2. The monoisotopic (exact) mass is 410 g/mol. The highest BCUT2D eigenvalue weighted by molar-refractivity contribution is 7.98. The number of fused-ring (bicyclic) bond motifs is 3. The van der Waals surface area contributed by atoms with E-state index in [1.54, 1.807) is 16.0 Å². The van der Waals surface area contributed by atoms with Crippen LogP contribution in [0.25, 0.3) is 15.9 Å². The van der Waals surface area contributed by atoms with Crippen LogP contribution < -0.4 is 5.56 Å². The summed E-state index contributed by atoms with van der Waals surface area (Å²) in [5.74, 6) is 1.82. The predicted octanol–water partition coefficient (Wildman–Crippen LogP) is 3.38. The first-order valence-electron chi connectivity index (χ1n) is 9.19. The normalized spacial score (nSPS) is 16.4. The van der Waals surface area contributed by atoms with Crippen LogP contribution in [0.2, 0.25) is 0 Å². The summed E-state index contributed by atoms with van der Waals surface area (Å²) in [7, 11) is 0. The van der Waals surface area contributed by atoms with Crippen molar-refractivity contribution in [3.05, 3.63) is 57.0 Å². The third kappa shape index (κ3) is 3.14. The number of tetrazole rings is 1. The van der Waals surface area contributed by atoms with Crippen molar-refractivity contribution in [2.45, 2.75) is 37.1 Å². The molecule has 4 aromatic rings. The summed E-state index contributed by atoms with van der Waals surface area (Å²) in [4.78, 5) is 22.6. The van der Waals surface area contributed by atoms with Crippen LogP contribution in [0.5, 0.6) is 0 Å². The van der Waals surface area contributed by atoms with Gasteiger partial charge in [-0.15, -0.1) is 16.4 Å². The molecular formula is C19H18N6OS2. The van der Waals surface area contributed by atoms with Gasteiger partial charge in [-0.05, 0) is 53.3 Å². The largest absolute Gasteiger partial charge is 0.309 e. The van der Waals surface area contributed by atoms with E-state index in [9.17, 15) is 4.79 Å². The van der Waals surface area contributed by atoms with Crippen LogP contribution in [0.1, 0.15) is 29.6 Å². The van der Waals surface area contributed by atoms with Gasteiger partial charge in [0.15, 0.2) is 0 Å². The second-order valence-electron chi connectivity index (χ2n) is 7.04. The predicted molar refractivity (Wildman–Crippen MR) is 110 cm³/mol. The Labute approximate surface area is 169 Å². The van der Waals surface area contributed by atoms with Gasteiger partial charge in [-0.1, -0.05) is 36.9 Å². The van der Waals surface area contributed by atoms with E-state index in [4.69, 9.17) is 4.98 Å². The van der Waals surface area contributed by atoms with Crippen LogP contribution in [0.4, 0.5) is 0 Å². The van der Waals surface area contributed by atoms with Gasteiger partial charge in [-0.3, -0.25) is 4.79 Å². The van der Waals surface area contributed by atoms with Gasteiger partial charge < -0.3 is 4.98 Å². The molecule has 0 bridgehead atoms. The smallest absolute Gasteiger partial charge is 0.259 e. The maximum Gasteiger partial charge on any atom is 0.259 e. The third-order valence-electron chi connectivity index (χ3n) is 4.99. The van der Waals surface area contributed by atoms with Gasteiger partial charge in [-0.25, -0.2) is 4.98 Å². The number of thioether (sulfide) groups is 1. The van der Waals surface area contributed by atoms with E-state index in [0.29, 0.717) is 22.7 Å². The fourth-order valence-electron chi connectivity index (χ4n) is 3.59. The second kappa shape index (κ2) is 7.14. The van der Waals surface area contributed by atoms with Crippen molar-refractivity contribution in [3.63, 3.8) is 0 Å². The first kappa shape index (κ1) is 17.6. The maximum absolute atomic E-state index is 12.7. The van der Waals surface area contributed by atoms with Crippen LogP contribution in [0.15, 0.2) is 40.3 Å². The molecule has 0 aliphatic heterocycles. The van der Waals surface area contributed by atoms with Crippen molar-refractivity contribution in [1.29, 1.82) is 0 Å². The lowest BCUT2D eigenvalue weighted by molar-refractivity contribution is 0.509. The number of hydrogen-bond donors (Lipinski definition) is 1. The van der Waals surface area contributed by atoms with Crippen LogP contribution >= 0.6 is 23.1 Å². The average Bonchev–Trinajstić information content (AvgIpc) is 3.30. The molecule has 0 fully saturated rings. The molecule has 1 N–H and O–H groups in total. The zero-order valence-electron chi connectivity index (χ0n) is 15.3. The number of nitrogens with one attached hydrogen (secondary N) is 1. The van der Waals surface area contributed by atoms with Crippen LogP contribution in [-0.4, -0.2) is 30.2 Å². The molecule has 0 saturated carbocycles. The number of nitrogens with zero attached hydrogens (tertiary/aromatic N) is 5. The van der Waals surface area contributed by atoms with Gasteiger partial charge in [0.05, 0.1) is 16.8 Å². The molecule has 3 aromatic heterocycles. The highest BCUT2D eigenvalue weighted by Gasteiger charge is 2.23. The minimum absolute atomic E-state index is 0.0321. The molecule has 5 rings (SSSR count). The second-order valence-corrected chi connectivity index (χ2v) is 9.07. The zero-order valence-corrected chi connectivity index (χ0v) is 16.9. The summed E-state index contributed by atoms with van der Waals surface area (Å²) >= 11 is 3.12. The topological polar surface area (TPSA) is 89.3 Å². The fourth-order valence-corrected chi connectivity index (χ4v) is 5.76. The molecule has 0 spiro atoms. The molecule has 0 saturated heterocycles. The number of aryl methyl sites for hydroxylation is 1. The molecule has 142 valence electrons. The molecule has 9 heteroatoms.